The number of nitrogens with zero attached hydrogens (tertiary/aromatic N) is 1. The lowest BCUT2D eigenvalue weighted by Gasteiger charge is -2.38. The lowest BCUT2D eigenvalue weighted by Crippen LogP contribution is -2.52. The van der Waals surface area contributed by atoms with Crippen molar-refractivity contribution < 1.29 is 15.0 Å². The summed E-state index contributed by atoms with van der Waals surface area (Å²) in [4.78, 5) is 12.4. The van der Waals surface area contributed by atoms with E-state index >= 15 is 0 Å². The average Bonchev–Trinajstić information content (AvgIpc) is 2.48. The molecule has 5 heteroatoms. The molecule has 1 aromatic rings. The molecule has 1 amide bonds. The Morgan fingerprint density at radius 3 is 2.75 bits per heavy atom. The van der Waals surface area contributed by atoms with Crippen molar-refractivity contribution in [3.8, 4) is 0 Å². The molecular formula is C15H22N2O3. The van der Waals surface area contributed by atoms with Crippen LogP contribution in [0.4, 0.5) is 4.79 Å². The number of hydrogen-bond acceptors (Lipinski definition) is 3. The van der Waals surface area contributed by atoms with E-state index in [2.05, 4.69) is 24.4 Å². The second kappa shape index (κ2) is 6.72. The van der Waals surface area contributed by atoms with Crippen molar-refractivity contribution in [1.29, 1.82) is 0 Å². The van der Waals surface area contributed by atoms with E-state index in [4.69, 9.17) is 5.11 Å². The minimum absolute atomic E-state index is 0.00293. The van der Waals surface area contributed by atoms with Crippen molar-refractivity contribution in [1.82, 2.24) is 10.2 Å². The minimum Gasteiger partial charge on any atom is -0.465 e. The summed E-state index contributed by atoms with van der Waals surface area (Å²) in [6.45, 7) is 3.01. The molecule has 0 saturated carbocycles. The number of amides is 1. The molecule has 0 spiro atoms. The van der Waals surface area contributed by atoms with Crippen LogP contribution >= 0.6 is 0 Å². The van der Waals surface area contributed by atoms with E-state index in [1.54, 1.807) is 0 Å². The van der Waals surface area contributed by atoms with Gasteiger partial charge < -0.3 is 20.4 Å². The van der Waals surface area contributed by atoms with Crippen LogP contribution in [0.3, 0.4) is 0 Å². The van der Waals surface area contributed by atoms with Crippen molar-refractivity contribution in [3.05, 3.63) is 35.9 Å². The van der Waals surface area contributed by atoms with Gasteiger partial charge in [0.25, 0.3) is 0 Å². The minimum atomic E-state index is -0.905. The highest BCUT2D eigenvalue weighted by Gasteiger charge is 2.31. The molecule has 0 unspecified atom stereocenters. The number of carboxylic acid groups (broad SMARTS) is 1. The topological polar surface area (TPSA) is 72.8 Å². The first-order valence-corrected chi connectivity index (χ1v) is 7.01. The molecule has 0 radical (unpaired) electrons. The number of nitrogens with one attached hydrogen (secondary N) is 1. The summed E-state index contributed by atoms with van der Waals surface area (Å²) in [5, 5.41) is 22.0. The first-order chi connectivity index (χ1) is 9.61. The zero-order valence-electron chi connectivity index (χ0n) is 11.7. The van der Waals surface area contributed by atoms with E-state index in [-0.39, 0.29) is 24.6 Å². The third-order valence-corrected chi connectivity index (χ3v) is 4.00. The molecule has 3 atom stereocenters. The quantitative estimate of drug-likeness (QED) is 0.784. The van der Waals surface area contributed by atoms with Crippen LogP contribution in [0, 0.1) is 5.92 Å². The first-order valence-electron chi connectivity index (χ1n) is 7.01. The highest BCUT2D eigenvalue weighted by atomic mass is 16.4. The lowest BCUT2D eigenvalue weighted by molar-refractivity contribution is 0.0779. The van der Waals surface area contributed by atoms with Gasteiger partial charge in [0.1, 0.15) is 0 Å². The van der Waals surface area contributed by atoms with Crippen molar-refractivity contribution in [2.24, 2.45) is 5.92 Å². The van der Waals surface area contributed by atoms with Crippen LogP contribution in [0.5, 0.6) is 0 Å². The Labute approximate surface area is 119 Å². The van der Waals surface area contributed by atoms with E-state index in [1.165, 1.54) is 10.5 Å². The van der Waals surface area contributed by atoms with Crippen molar-refractivity contribution >= 4 is 6.09 Å². The van der Waals surface area contributed by atoms with Gasteiger partial charge in [-0.1, -0.05) is 30.3 Å². The molecule has 5 nitrogen and oxygen atoms in total. The molecule has 1 saturated heterocycles. The van der Waals surface area contributed by atoms with Crippen molar-refractivity contribution in [2.75, 3.05) is 19.7 Å². The van der Waals surface area contributed by atoms with Gasteiger partial charge >= 0.3 is 6.09 Å². The zero-order chi connectivity index (χ0) is 14.5. The number of piperidine rings is 1. The Balaban J connectivity index is 1.97. The molecule has 1 heterocycles. The zero-order valence-corrected chi connectivity index (χ0v) is 11.7. The van der Waals surface area contributed by atoms with E-state index in [9.17, 15) is 9.90 Å². The van der Waals surface area contributed by atoms with Crippen LogP contribution < -0.4 is 5.32 Å². The van der Waals surface area contributed by atoms with Crippen LogP contribution in [0.25, 0.3) is 0 Å². The molecule has 0 aliphatic carbocycles. The van der Waals surface area contributed by atoms with Crippen LogP contribution in [0.1, 0.15) is 24.9 Å². The van der Waals surface area contributed by atoms with Crippen LogP contribution in [-0.2, 0) is 0 Å². The van der Waals surface area contributed by atoms with Gasteiger partial charge in [-0.25, -0.2) is 4.79 Å². The summed E-state index contributed by atoms with van der Waals surface area (Å²) >= 11 is 0. The second-order valence-electron chi connectivity index (χ2n) is 5.37. The summed E-state index contributed by atoms with van der Waals surface area (Å²) in [6.07, 6.45) is -0.174. The summed E-state index contributed by atoms with van der Waals surface area (Å²) in [7, 11) is 0. The number of aliphatic hydroxyl groups is 1. The number of rotatable bonds is 4. The average molecular weight is 278 g/mol. The van der Waals surface area contributed by atoms with Crippen molar-refractivity contribution in [2.45, 2.75) is 25.4 Å². The molecule has 1 aliphatic heterocycles. The van der Waals surface area contributed by atoms with Gasteiger partial charge in [0.15, 0.2) is 0 Å². The summed E-state index contributed by atoms with van der Waals surface area (Å²) < 4.78 is 0. The number of hydrogen-bond donors (Lipinski definition) is 3. The molecule has 1 fully saturated rings. The smallest absolute Gasteiger partial charge is 0.407 e. The third-order valence-electron chi connectivity index (χ3n) is 4.00. The summed E-state index contributed by atoms with van der Waals surface area (Å²) in [6, 6.07) is 10.5. The van der Waals surface area contributed by atoms with Gasteiger partial charge in [-0.3, -0.25) is 0 Å². The Morgan fingerprint density at radius 1 is 1.45 bits per heavy atom. The largest absolute Gasteiger partial charge is 0.465 e. The molecule has 20 heavy (non-hydrogen) atoms. The van der Waals surface area contributed by atoms with Gasteiger partial charge in [0, 0.05) is 37.7 Å². The molecule has 1 aliphatic rings. The predicted octanol–water partition coefficient (Wildman–Crippen LogP) is 1.70. The normalized spacial score (nSPS) is 24.4. The Kier molecular flexibility index (Phi) is 4.98. The Morgan fingerprint density at radius 2 is 2.15 bits per heavy atom. The number of carbonyl (C=O) groups is 1. The highest BCUT2D eigenvalue weighted by Crippen LogP contribution is 2.21. The predicted molar refractivity (Wildman–Crippen MR) is 76.6 cm³/mol. The lowest BCUT2D eigenvalue weighted by atomic mass is 9.91. The maximum atomic E-state index is 11.0. The molecule has 110 valence electrons. The van der Waals surface area contributed by atoms with Gasteiger partial charge in [-0.2, -0.15) is 0 Å². The van der Waals surface area contributed by atoms with Gasteiger partial charge in [0.05, 0.1) is 0 Å². The first kappa shape index (κ1) is 14.8. The van der Waals surface area contributed by atoms with Crippen LogP contribution in [0.2, 0.25) is 0 Å². The SMILES string of the molecule is C[C@@H](N[C@@H]1CCN(C(=O)O)C[C@@H]1CO)c1ccccc1. The van der Waals surface area contributed by atoms with E-state index in [0.717, 1.165) is 6.42 Å². The highest BCUT2D eigenvalue weighted by molar-refractivity contribution is 5.65. The number of likely N-dealkylation sites (tertiary alicyclic amines) is 1. The molecule has 1 aromatic carbocycles. The summed E-state index contributed by atoms with van der Waals surface area (Å²) in [5.41, 5.74) is 1.20. The summed E-state index contributed by atoms with van der Waals surface area (Å²) in [5.74, 6) is -0.0500. The van der Waals surface area contributed by atoms with E-state index in [0.29, 0.717) is 13.1 Å². The molecule has 2 rings (SSSR count). The van der Waals surface area contributed by atoms with E-state index in [1.807, 2.05) is 18.2 Å². The molecular weight excluding hydrogens is 256 g/mol. The second-order valence-corrected chi connectivity index (χ2v) is 5.37. The fraction of sp³-hybridized carbons (Fsp3) is 0.533. The molecule has 0 aromatic heterocycles. The fourth-order valence-electron chi connectivity index (χ4n) is 2.77. The fourth-order valence-corrected chi connectivity index (χ4v) is 2.77. The Hall–Kier alpha value is -1.59. The van der Waals surface area contributed by atoms with Crippen LogP contribution in [-0.4, -0.2) is 46.9 Å². The Bertz CT molecular complexity index is 438. The number of aliphatic hydroxyl groups excluding tert-OH is 1. The standard InChI is InChI=1S/C15H22N2O3/c1-11(12-5-3-2-4-6-12)16-14-7-8-17(15(19)20)9-13(14)10-18/h2-6,11,13-14,16,18H,7-10H2,1H3,(H,19,20)/t11-,13-,14-/m1/s1. The van der Waals surface area contributed by atoms with Gasteiger partial charge in [-0.15, -0.1) is 0 Å². The van der Waals surface area contributed by atoms with Crippen LogP contribution in [0.15, 0.2) is 30.3 Å². The van der Waals surface area contributed by atoms with E-state index < -0.39 is 6.09 Å². The van der Waals surface area contributed by atoms with Gasteiger partial charge in [0.2, 0.25) is 0 Å². The molecule has 0 bridgehead atoms. The maximum Gasteiger partial charge on any atom is 0.407 e. The number of benzene rings is 1. The monoisotopic (exact) mass is 278 g/mol. The maximum absolute atomic E-state index is 11.0. The van der Waals surface area contributed by atoms with Crippen molar-refractivity contribution in [3.63, 3.8) is 0 Å². The van der Waals surface area contributed by atoms with Gasteiger partial charge in [-0.05, 0) is 18.9 Å². The third kappa shape index (κ3) is 3.49. The molecule has 3 N–H and O–H groups in total.